The van der Waals surface area contributed by atoms with E-state index in [1.165, 1.54) is 41.6 Å². The van der Waals surface area contributed by atoms with Gasteiger partial charge in [0.1, 0.15) is 0 Å². The summed E-state index contributed by atoms with van der Waals surface area (Å²) in [5.74, 6) is 0.742. The first kappa shape index (κ1) is 23.4. The van der Waals surface area contributed by atoms with Crippen molar-refractivity contribution >= 4 is 66.4 Å². The molecule has 1 N–H and O–H groups in total. The van der Waals surface area contributed by atoms with Crippen LogP contribution in [0.25, 0.3) is 83.4 Å². The maximum atomic E-state index is 5.30. The summed E-state index contributed by atoms with van der Waals surface area (Å²) in [5, 5.41) is 9.47. The van der Waals surface area contributed by atoms with Gasteiger partial charge in [-0.1, -0.05) is 91.0 Å². The topological polar surface area (TPSA) is 42.7 Å². The van der Waals surface area contributed by atoms with Gasteiger partial charge in [0.15, 0.2) is 5.82 Å². The van der Waals surface area contributed by atoms with Crippen molar-refractivity contribution in [2.45, 2.75) is 0 Å². The van der Waals surface area contributed by atoms with E-state index in [4.69, 9.17) is 9.97 Å². The quantitative estimate of drug-likeness (QED) is 0.247. The van der Waals surface area contributed by atoms with Crippen molar-refractivity contribution < 1.29 is 0 Å². The fourth-order valence-corrected chi connectivity index (χ4v) is 7.57. The van der Waals surface area contributed by atoms with Crippen molar-refractivity contribution in [3.63, 3.8) is 0 Å². The molecular weight excluding hydrogens is 533 g/mol. The normalized spacial score (nSPS) is 12.8. The van der Waals surface area contributed by atoms with Crippen molar-refractivity contribution in [3.8, 4) is 28.3 Å². The third-order valence-electron chi connectivity index (χ3n) is 8.23. The van der Waals surface area contributed by atoms with Crippen molar-refractivity contribution in [3.05, 3.63) is 125 Å². The maximum absolute atomic E-state index is 5.30. The molecule has 0 atom stereocenters. The van der Waals surface area contributed by atoms with Crippen LogP contribution >= 0.6 is 11.3 Å². The highest BCUT2D eigenvalue weighted by molar-refractivity contribution is 7.17. The molecule has 5 heteroatoms. The molecule has 4 nitrogen and oxygen atoms in total. The molecule has 0 amide bonds. The van der Waals surface area contributed by atoms with Crippen molar-refractivity contribution in [2.24, 2.45) is 0 Å². The highest BCUT2D eigenvalue weighted by Crippen LogP contribution is 2.37. The number of hydrogen-bond donors (Lipinski definition) is 1. The average Bonchev–Trinajstić information content (AvgIpc) is 3.60. The van der Waals surface area contributed by atoms with Gasteiger partial charge in [0.2, 0.25) is 0 Å². The molecule has 198 valence electrons. The third kappa shape index (κ3) is 3.47. The molecule has 0 fully saturated rings. The van der Waals surface area contributed by atoms with E-state index < -0.39 is 0 Å². The van der Waals surface area contributed by atoms with Crippen LogP contribution in [0, 0.1) is 0 Å². The van der Waals surface area contributed by atoms with Crippen LogP contribution in [0.4, 0.5) is 0 Å². The Labute approximate surface area is 245 Å². The summed E-state index contributed by atoms with van der Waals surface area (Å²) in [6.07, 6.45) is 4.44. The summed E-state index contributed by atoms with van der Waals surface area (Å²) in [7, 11) is 0. The van der Waals surface area contributed by atoms with Gasteiger partial charge >= 0.3 is 0 Å². The van der Waals surface area contributed by atoms with Crippen LogP contribution in [0.5, 0.6) is 0 Å². The van der Waals surface area contributed by atoms with Gasteiger partial charge in [-0.3, -0.25) is 0 Å². The highest BCUT2D eigenvalue weighted by atomic mass is 32.1. The molecule has 0 bridgehead atoms. The summed E-state index contributed by atoms with van der Waals surface area (Å²) in [5.41, 5.74) is 7.52. The van der Waals surface area contributed by atoms with E-state index in [9.17, 15) is 0 Å². The van der Waals surface area contributed by atoms with Crippen LogP contribution in [0.2, 0.25) is 0 Å². The lowest BCUT2D eigenvalue weighted by Crippen LogP contribution is -2.28. The van der Waals surface area contributed by atoms with Gasteiger partial charge in [-0.05, 0) is 35.6 Å². The third-order valence-corrected chi connectivity index (χ3v) is 9.43. The Morgan fingerprint density at radius 3 is 2.14 bits per heavy atom. The summed E-state index contributed by atoms with van der Waals surface area (Å²) < 4.78 is 4.83. The van der Waals surface area contributed by atoms with Crippen LogP contribution in [0.1, 0.15) is 0 Å². The minimum Gasteiger partial charge on any atom is -0.386 e. The van der Waals surface area contributed by atoms with Gasteiger partial charge in [0, 0.05) is 55.8 Å². The molecule has 0 radical (unpaired) electrons. The Morgan fingerprint density at radius 1 is 0.667 bits per heavy atom. The van der Waals surface area contributed by atoms with Crippen LogP contribution in [0.3, 0.4) is 0 Å². The lowest BCUT2D eigenvalue weighted by molar-refractivity contribution is 1.06. The summed E-state index contributed by atoms with van der Waals surface area (Å²) in [4.78, 5) is 10.5. The first-order valence-electron chi connectivity index (χ1n) is 14.1. The van der Waals surface area contributed by atoms with Crippen LogP contribution in [-0.4, -0.2) is 21.1 Å². The molecule has 0 saturated carbocycles. The van der Waals surface area contributed by atoms with Crippen LogP contribution in [0.15, 0.2) is 115 Å². The summed E-state index contributed by atoms with van der Waals surface area (Å²) in [6, 6.07) is 40.7. The van der Waals surface area contributed by atoms with Gasteiger partial charge < -0.3 is 9.88 Å². The zero-order valence-corrected chi connectivity index (χ0v) is 23.4. The number of nitrogens with one attached hydrogen (secondary N) is 1. The lowest BCUT2D eigenvalue weighted by atomic mass is 10.0. The number of para-hydroxylation sites is 3. The molecule has 1 aliphatic heterocycles. The molecule has 4 heterocycles. The van der Waals surface area contributed by atoms with Gasteiger partial charge in [0.05, 0.1) is 26.8 Å². The summed E-state index contributed by atoms with van der Waals surface area (Å²) >= 11 is 1.80. The average molecular weight is 557 g/mol. The number of hydrogen-bond acceptors (Lipinski definition) is 4. The zero-order valence-electron chi connectivity index (χ0n) is 22.6. The van der Waals surface area contributed by atoms with Gasteiger partial charge in [-0.15, -0.1) is 11.3 Å². The van der Waals surface area contributed by atoms with Crippen molar-refractivity contribution in [1.29, 1.82) is 0 Å². The number of nitrogens with zero attached hydrogens (tertiary/aromatic N) is 3. The second-order valence-electron chi connectivity index (χ2n) is 10.7. The second-order valence-corrected chi connectivity index (χ2v) is 11.7. The molecule has 0 unspecified atom stereocenters. The smallest absolute Gasteiger partial charge is 0.161 e. The zero-order chi connectivity index (χ0) is 27.6. The molecule has 0 aliphatic carbocycles. The predicted molar refractivity (Wildman–Crippen MR) is 176 cm³/mol. The second kappa shape index (κ2) is 9.13. The first-order chi connectivity index (χ1) is 20.8. The van der Waals surface area contributed by atoms with E-state index in [-0.39, 0.29) is 0 Å². The molecule has 9 rings (SSSR count). The highest BCUT2D eigenvalue weighted by Gasteiger charge is 2.19. The number of fused-ring (bicyclic) bond motifs is 7. The van der Waals surface area contributed by atoms with E-state index in [1.54, 1.807) is 11.3 Å². The minimum atomic E-state index is 0.742. The first-order valence-corrected chi connectivity index (χ1v) is 15.0. The maximum Gasteiger partial charge on any atom is 0.161 e. The summed E-state index contributed by atoms with van der Waals surface area (Å²) in [6.45, 7) is 0.818. The van der Waals surface area contributed by atoms with Crippen LogP contribution < -0.4 is 15.1 Å². The molecule has 0 spiro atoms. The number of benzene rings is 5. The Morgan fingerprint density at radius 2 is 1.36 bits per heavy atom. The van der Waals surface area contributed by atoms with Gasteiger partial charge in [-0.25, -0.2) is 9.97 Å². The number of rotatable bonds is 3. The Kier molecular flexibility index (Phi) is 5.10. The van der Waals surface area contributed by atoms with E-state index in [2.05, 4.69) is 131 Å². The standard InChI is InChI=1S/C37H24N4S/c1-2-10-23(11-3-1)35-28-14-4-7-15-31(28)39-37(40-35)30-21-24(20-29-27-18-19-38-22-34(27)42-36(29)30)41-32-16-8-5-12-25(32)26-13-6-9-17-33(26)41/h1-18,20-22,38H,19H2. The number of thiophene rings is 1. The lowest BCUT2D eigenvalue weighted by Gasteiger charge is -2.13. The van der Waals surface area contributed by atoms with Gasteiger partial charge in [-0.2, -0.15) is 0 Å². The van der Waals surface area contributed by atoms with Gasteiger partial charge in [0.25, 0.3) is 0 Å². The van der Waals surface area contributed by atoms with E-state index in [0.29, 0.717) is 0 Å². The predicted octanol–water partition coefficient (Wildman–Crippen LogP) is 7.40. The molecule has 0 saturated heterocycles. The molecule has 8 aromatic rings. The van der Waals surface area contributed by atoms with Crippen LogP contribution in [-0.2, 0) is 0 Å². The van der Waals surface area contributed by atoms with E-state index in [1.807, 2.05) is 6.07 Å². The number of aromatic nitrogens is 3. The molecular formula is C37H24N4S. The molecule has 3 aromatic heterocycles. The molecule has 42 heavy (non-hydrogen) atoms. The molecule has 1 aliphatic rings. The minimum absolute atomic E-state index is 0.742. The Bertz CT molecular complexity index is 2420. The van der Waals surface area contributed by atoms with Crippen molar-refractivity contribution in [2.75, 3.05) is 6.54 Å². The van der Waals surface area contributed by atoms with Crippen molar-refractivity contribution in [1.82, 2.24) is 19.9 Å². The molecule has 5 aromatic carbocycles. The Hall–Kier alpha value is -5.26. The van der Waals surface area contributed by atoms with E-state index in [0.717, 1.165) is 45.8 Å². The SMILES string of the molecule is C1=c2sc3c(-c4nc(-c5ccccc5)c5ccccc5n4)cc(-n4c5ccccc5c5ccccc54)cc3c2=CCN1. The van der Waals surface area contributed by atoms with E-state index >= 15 is 0 Å². The fraction of sp³-hybridized carbons (Fsp3) is 0.0270. The fourth-order valence-electron chi connectivity index (χ4n) is 6.36. The Balaban J connectivity index is 1.42. The largest absolute Gasteiger partial charge is 0.386 e. The monoisotopic (exact) mass is 556 g/mol.